The van der Waals surface area contributed by atoms with Gasteiger partial charge in [-0.2, -0.15) is 0 Å². The molecule has 0 bridgehead atoms. The Labute approximate surface area is 65.3 Å². The molecule has 0 saturated carbocycles. The Balaban J connectivity index is 3.03. The summed E-state index contributed by atoms with van der Waals surface area (Å²) in [6, 6.07) is 0. The van der Waals surface area contributed by atoms with Gasteiger partial charge in [0.2, 0.25) is 0 Å². The van der Waals surface area contributed by atoms with Crippen molar-refractivity contribution in [2.75, 3.05) is 0 Å². The van der Waals surface area contributed by atoms with Crippen LogP contribution in [0.25, 0.3) is 0 Å². The Kier molecular flexibility index (Phi) is 6.68. The molecule has 1 atom stereocenters. The summed E-state index contributed by atoms with van der Waals surface area (Å²) in [6.45, 7) is 8.30. The molecule has 0 aromatic heterocycles. The quantitative estimate of drug-likeness (QED) is 0.403. The van der Waals surface area contributed by atoms with Gasteiger partial charge in [0.25, 0.3) is 0 Å². The summed E-state index contributed by atoms with van der Waals surface area (Å²) in [5, 5.41) is 0. The first kappa shape index (κ1) is 9.74. The van der Waals surface area contributed by atoms with Crippen molar-refractivity contribution in [1.29, 1.82) is 0 Å². The molecule has 0 saturated heterocycles. The first-order chi connectivity index (χ1) is 4.81. The van der Waals surface area contributed by atoms with Crippen LogP contribution in [0.2, 0.25) is 0 Å². The minimum Gasteiger partial charge on any atom is -0.0917 e. The maximum absolute atomic E-state index is 4.03. The van der Waals surface area contributed by atoms with Crippen LogP contribution in [0.5, 0.6) is 0 Å². The van der Waals surface area contributed by atoms with Crippen molar-refractivity contribution in [2.45, 2.75) is 39.5 Å². The van der Waals surface area contributed by atoms with Crippen molar-refractivity contribution in [3.05, 3.63) is 19.1 Å². The van der Waals surface area contributed by atoms with E-state index in [2.05, 4.69) is 32.9 Å². The highest BCUT2D eigenvalue weighted by atomic mass is 14.0. The summed E-state index contributed by atoms with van der Waals surface area (Å²) >= 11 is 0. The van der Waals surface area contributed by atoms with Crippen LogP contribution in [0.1, 0.15) is 39.5 Å². The second-order valence-electron chi connectivity index (χ2n) is 2.77. The Hall–Kier alpha value is -0.260. The van der Waals surface area contributed by atoms with Crippen molar-refractivity contribution in [2.24, 2.45) is 5.92 Å². The summed E-state index contributed by atoms with van der Waals surface area (Å²) in [6.07, 6.45) is 9.36. The first-order valence-corrected chi connectivity index (χ1v) is 4.25. The Morgan fingerprint density at radius 3 is 2.70 bits per heavy atom. The lowest BCUT2D eigenvalue weighted by atomic mass is 10.0. The van der Waals surface area contributed by atoms with Crippen LogP contribution in [0.3, 0.4) is 0 Å². The number of hydrogen-bond acceptors (Lipinski definition) is 0. The van der Waals surface area contributed by atoms with Gasteiger partial charge in [0.1, 0.15) is 0 Å². The fourth-order valence-electron chi connectivity index (χ4n) is 0.895. The van der Waals surface area contributed by atoms with Crippen molar-refractivity contribution >= 4 is 0 Å². The number of allylic oxidation sites excluding steroid dienone is 2. The lowest BCUT2D eigenvalue weighted by Crippen LogP contribution is -1.90. The van der Waals surface area contributed by atoms with Crippen LogP contribution < -0.4 is 0 Å². The van der Waals surface area contributed by atoms with Crippen LogP contribution in [0.4, 0.5) is 0 Å². The Morgan fingerprint density at radius 2 is 2.20 bits per heavy atom. The van der Waals surface area contributed by atoms with Crippen LogP contribution in [0, 0.1) is 12.8 Å². The van der Waals surface area contributed by atoms with E-state index in [4.69, 9.17) is 0 Å². The third-order valence-corrected chi connectivity index (χ3v) is 1.80. The zero-order valence-corrected chi connectivity index (χ0v) is 7.27. The Bertz CT molecular complexity index is 82.0. The predicted molar refractivity (Wildman–Crippen MR) is 47.8 cm³/mol. The normalized spacial score (nSPS) is 14.3. The van der Waals surface area contributed by atoms with Gasteiger partial charge in [-0.1, -0.05) is 38.8 Å². The average molecular weight is 139 g/mol. The smallest absolute Gasteiger partial charge is 0.0351 e. The molecular weight excluding hydrogens is 120 g/mol. The Morgan fingerprint density at radius 1 is 1.50 bits per heavy atom. The molecule has 0 N–H and O–H groups in total. The molecule has 0 rings (SSSR count). The fourth-order valence-corrected chi connectivity index (χ4v) is 0.895. The van der Waals surface area contributed by atoms with E-state index in [1.54, 1.807) is 0 Å². The van der Waals surface area contributed by atoms with Crippen LogP contribution >= 0.6 is 0 Å². The fraction of sp³-hybridized carbons (Fsp3) is 0.700. The molecule has 0 amide bonds. The highest BCUT2D eigenvalue weighted by molar-refractivity contribution is 4.76. The van der Waals surface area contributed by atoms with Gasteiger partial charge in [0, 0.05) is 0 Å². The maximum atomic E-state index is 4.03. The molecule has 1 radical (unpaired) electrons. The molecule has 0 aromatic carbocycles. The summed E-state index contributed by atoms with van der Waals surface area (Å²) in [5.74, 6) is 0.672. The molecule has 0 aliphatic heterocycles. The van der Waals surface area contributed by atoms with E-state index in [-0.39, 0.29) is 0 Å². The lowest BCUT2D eigenvalue weighted by Gasteiger charge is -2.04. The largest absolute Gasteiger partial charge is 0.0917 e. The van der Waals surface area contributed by atoms with E-state index in [0.717, 1.165) is 0 Å². The molecule has 0 aromatic rings. The van der Waals surface area contributed by atoms with Crippen molar-refractivity contribution < 1.29 is 0 Å². The number of rotatable bonds is 5. The van der Waals surface area contributed by atoms with Crippen molar-refractivity contribution in [1.82, 2.24) is 0 Å². The van der Waals surface area contributed by atoms with E-state index in [0.29, 0.717) is 5.92 Å². The SMILES string of the molecule is [CH2]C(CC)CCC/C=C/C. The minimum absolute atomic E-state index is 0.672. The predicted octanol–water partition coefficient (Wildman–Crippen LogP) is 3.59. The molecule has 0 spiro atoms. The topological polar surface area (TPSA) is 0 Å². The van der Waals surface area contributed by atoms with Crippen molar-refractivity contribution in [3.8, 4) is 0 Å². The van der Waals surface area contributed by atoms with Gasteiger partial charge in [-0.05, 0) is 25.7 Å². The molecule has 59 valence electrons. The summed E-state index contributed by atoms with van der Waals surface area (Å²) in [7, 11) is 0. The van der Waals surface area contributed by atoms with E-state index in [1.165, 1.54) is 25.7 Å². The summed E-state index contributed by atoms with van der Waals surface area (Å²) in [5.41, 5.74) is 0. The van der Waals surface area contributed by atoms with Gasteiger partial charge in [-0.25, -0.2) is 0 Å². The molecule has 0 heterocycles. The standard InChI is InChI=1S/C10H19/c1-4-6-7-8-9-10(3)5-2/h4,6,10H,3,5,7-9H2,1-2H3/b6-4+. The monoisotopic (exact) mass is 139 g/mol. The minimum atomic E-state index is 0.672. The molecule has 0 aliphatic carbocycles. The van der Waals surface area contributed by atoms with Crippen LogP contribution in [-0.4, -0.2) is 0 Å². The maximum Gasteiger partial charge on any atom is -0.0351 e. The van der Waals surface area contributed by atoms with Crippen molar-refractivity contribution in [3.63, 3.8) is 0 Å². The van der Waals surface area contributed by atoms with Gasteiger partial charge in [0.05, 0.1) is 0 Å². The molecule has 0 heteroatoms. The van der Waals surface area contributed by atoms with E-state index < -0.39 is 0 Å². The van der Waals surface area contributed by atoms with E-state index >= 15 is 0 Å². The number of unbranched alkanes of at least 4 members (excludes halogenated alkanes) is 1. The third-order valence-electron chi connectivity index (χ3n) is 1.80. The highest BCUT2D eigenvalue weighted by Gasteiger charge is 1.95. The summed E-state index contributed by atoms with van der Waals surface area (Å²) < 4.78 is 0. The summed E-state index contributed by atoms with van der Waals surface area (Å²) in [4.78, 5) is 0. The van der Waals surface area contributed by atoms with Crippen LogP contribution in [-0.2, 0) is 0 Å². The second kappa shape index (κ2) is 6.85. The van der Waals surface area contributed by atoms with Crippen LogP contribution in [0.15, 0.2) is 12.2 Å². The first-order valence-electron chi connectivity index (χ1n) is 4.25. The highest BCUT2D eigenvalue weighted by Crippen LogP contribution is 2.10. The number of hydrogen-bond donors (Lipinski definition) is 0. The molecule has 1 unspecified atom stereocenters. The van der Waals surface area contributed by atoms with E-state index in [9.17, 15) is 0 Å². The molecule has 0 aliphatic rings. The molecule has 0 nitrogen and oxygen atoms in total. The van der Waals surface area contributed by atoms with Gasteiger partial charge in [-0.15, -0.1) is 0 Å². The third kappa shape index (κ3) is 5.87. The molecular formula is C10H19. The molecule has 0 fully saturated rings. The van der Waals surface area contributed by atoms with Gasteiger partial charge in [0.15, 0.2) is 0 Å². The molecule has 10 heavy (non-hydrogen) atoms. The zero-order valence-electron chi connectivity index (χ0n) is 7.27. The average Bonchev–Trinajstić information content (AvgIpc) is 1.98. The van der Waals surface area contributed by atoms with Gasteiger partial charge < -0.3 is 0 Å². The van der Waals surface area contributed by atoms with E-state index in [1.807, 2.05) is 0 Å². The zero-order chi connectivity index (χ0) is 7.82. The lowest BCUT2D eigenvalue weighted by molar-refractivity contribution is 0.545. The second-order valence-corrected chi connectivity index (χ2v) is 2.77. The van der Waals surface area contributed by atoms with Gasteiger partial charge >= 0.3 is 0 Å². The van der Waals surface area contributed by atoms with Gasteiger partial charge in [-0.3, -0.25) is 0 Å².